The van der Waals surface area contributed by atoms with E-state index in [4.69, 9.17) is 9.47 Å². The Morgan fingerprint density at radius 3 is 2.38 bits per heavy atom. The molecule has 0 amide bonds. The Morgan fingerprint density at radius 1 is 1.03 bits per heavy atom. The second-order valence-electron chi connectivity index (χ2n) is 7.00. The third kappa shape index (κ3) is 4.13. The van der Waals surface area contributed by atoms with Gasteiger partial charge in [-0.2, -0.15) is 0 Å². The number of halogens is 3. The average Bonchev–Trinajstić information content (AvgIpc) is 3.54. The molecule has 1 aliphatic rings. The lowest BCUT2D eigenvalue weighted by Gasteiger charge is -2.11. The first-order chi connectivity index (χ1) is 13.9. The topological polar surface area (TPSA) is 42.0 Å². The lowest BCUT2D eigenvalue weighted by atomic mass is 10.0. The van der Waals surface area contributed by atoms with Crippen LogP contribution in [0.1, 0.15) is 35.8 Å². The van der Waals surface area contributed by atoms with Crippen molar-refractivity contribution in [3.8, 4) is 16.9 Å². The van der Waals surface area contributed by atoms with Crippen LogP contribution in [0, 0.1) is 17.5 Å². The van der Waals surface area contributed by atoms with Crippen LogP contribution in [0.25, 0.3) is 11.1 Å². The Morgan fingerprint density at radius 2 is 1.76 bits per heavy atom. The molecule has 3 nitrogen and oxygen atoms in total. The zero-order valence-electron chi connectivity index (χ0n) is 15.7. The lowest BCUT2D eigenvalue weighted by molar-refractivity contribution is 0.194. The number of hydrogen-bond donors (Lipinski definition) is 1. The number of hydrogen-bond acceptors (Lipinski definition) is 3. The molecular weight excluding hydrogens is 381 g/mol. The first-order valence-corrected chi connectivity index (χ1v) is 9.23. The summed E-state index contributed by atoms with van der Waals surface area (Å²) in [5.74, 6) is -1.97. The predicted octanol–water partition coefficient (Wildman–Crippen LogP) is 5.47. The third-order valence-corrected chi connectivity index (χ3v) is 4.88. The fraction of sp³-hybridized carbons (Fsp3) is 0.217. The number of aliphatic hydroxyl groups excluding tert-OH is 1. The second-order valence-corrected chi connectivity index (χ2v) is 7.00. The van der Waals surface area contributed by atoms with Crippen molar-refractivity contribution >= 4 is 0 Å². The van der Waals surface area contributed by atoms with Gasteiger partial charge < -0.3 is 14.6 Å². The molecule has 1 saturated heterocycles. The fourth-order valence-electron chi connectivity index (χ4n) is 3.15. The van der Waals surface area contributed by atoms with Crippen LogP contribution in [0.4, 0.5) is 13.2 Å². The number of ether oxygens (including phenoxy) is 2. The molecule has 0 spiro atoms. The normalized spacial score (nSPS) is 16.5. The van der Waals surface area contributed by atoms with Gasteiger partial charge in [0.05, 0.1) is 12.7 Å². The van der Waals surface area contributed by atoms with E-state index in [0.717, 1.165) is 5.56 Å². The Hall–Kier alpha value is -2.83. The summed E-state index contributed by atoms with van der Waals surface area (Å²) in [4.78, 5) is 0. The van der Waals surface area contributed by atoms with Gasteiger partial charge in [-0.1, -0.05) is 36.4 Å². The number of aliphatic hydroxyl groups is 1. The van der Waals surface area contributed by atoms with Gasteiger partial charge in [0.1, 0.15) is 24.3 Å². The van der Waals surface area contributed by atoms with E-state index in [9.17, 15) is 18.3 Å². The van der Waals surface area contributed by atoms with Crippen molar-refractivity contribution in [1.29, 1.82) is 0 Å². The van der Waals surface area contributed by atoms with Crippen molar-refractivity contribution in [3.63, 3.8) is 0 Å². The van der Waals surface area contributed by atoms with Gasteiger partial charge in [0.15, 0.2) is 11.6 Å². The molecule has 0 saturated carbocycles. The van der Waals surface area contributed by atoms with Crippen LogP contribution < -0.4 is 4.74 Å². The summed E-state index contributed by atoms with van der Waals surface area (Å²) in [5.41, 5.74) is 1.95. The summed E-state index contributed by atoms with van der Waals surface area (Å²) in [7, 11) is 0. The van der Waals surface area contributed by atoms with Gasteiger partial charge in [-0.3, -0.25) is 0 Å². The molecule has 0 radical (unpaired) electrons. The Labute approximate surface area is 166 Å². The average molecular weight is 400 g/mol. The summed E-state index contributed by atoms with van der Waals surface area (Å²) >= 11 is 0. The van der Waals surface area contributed by atoms with E-state index in [1.807, 2.05) is 0 Å². The fourth-order valence-corrected chi connectivity index (χ4v) is 3.15. The Bertz CT molecular complexity index is 1030. The van der Waals surface area contributed by atoms with E-state index in [1.165, 1.54) is 19.1 Å². The maximum absolute atomic E-state index is 14.4. The van der Waals surface area contributed by atoms with Crippen LogP contribution >= 0.6 is 0 Å². The largest absolute Gasteiger partial charge is 0.489 e. The minimum atomic E-state index is -0.896. The number of benzene rings is 3. The predicted molar refractivity (Wildman–Crippen MR) is 102 cm³/mol. The summed E-state index contributed by atoms with van der Waals surface area (Å²) in [6.07, 6.45) is -1.25. The minimum absolute atomic E-state index is 0.176. The quantitative estimate of drug-likeness (QED) is 0.558. The molecule has 1 N–H and O–H groups in total. The molecule has 150 valence electrons. The van der Waals surface area contributed by atoms with E-state index in [0.29, 0.717) is 17.9 Å². The van der Waals surface area contributed by atoms with Gasteiger partial charge in [0.25, 0.3) is 0 Å². The summed E-state index contributed by atoms with van der Waals surface area (Å²) in [5, 5.41) is 9.47. The van der Waals surface area contributed by atoms with Gasteiger partial charge in [0, 0.05) is 22.8 Å². The standard InChI is InChI=1S/C23H19F3O3/c1-13(27)17-7-6-16(10-20(17)24)28-11-14-2-4-15(5-3-14)18-8-9-19(21-12-29-21)23(26)22(18)25/h2-10,13,21,27H,11-12H2,1H3. The van der Waals surface area contributed by atoms with Gasteiger partial charge >= 0.3 is 0 Å². The molecule has 0 bridgehead atoms. The van der Waals surface area contributed by atoms with Gasteiger partial charge in [0.2, 0.25) is 0 Å². The van der Waals surface area contributed by atoms with Crippen LogP contribution in [0.5, 0.6) is 5.75 Å². The molecule has 1 fully saturated rings. The highest BCUT2D eigenvalue weighted by molar-refractivity contribution is 5.65. The first-order valence-electron chi connectivity index (χ1n) is 9.23. The van der Waals surface area contributed by atoms with E-state index in [2.05, 4.69) is 0 Å². The maximum Gasteiger partial charge on any atom is 0.167 e. The van der Waals surface area contributed by atoms with Crippen molar-refractivity contribution in [2.75, 3.05) is 6.61 Å². The van der Waals surface area contributed by atoms with E-state index >= 15 is 0 Å². The number of rotatable bonds is 6. The molecule has 4 rings (SSSR count). The summed E-state index contributed by atoms with van der Waals surface area (Å²) in [6, 6.07) is 14.2. The highest BCUT2D eigenvalue weighted by atomic mass is 19.2. The van der Waals surface area contributed by atoms with Crippen molar-refractivity contribution in [2.24, 2.45) is 0 Å². The molecule has 2 atom stereocenters. The molecule has 2 unspecified atom stereocenters. The molecule has 29 heavy (non-hydrogen) atoms. The molecule has 0 aliphatic carbocycles. The van der Waals surface area contributed by atoms with Crippen LogP contribution in [-0.4, -0.2) is 11.7 Å². The van der Waals surface area contributed by atoms with E-state index in [-0.39, 0.29) is 29.4 Å². The van der Waals surface area contributed by atoms with Crippen LogP contribution in [0.2, 0.25) is 0 Å². The summed E-state index contributed by atoms with van der Waals surface area (Å²) < 4.78 is 53.1. The van der Waals surface area contributed by atoms with Gasteiger partial charge in [-0.15, -0.1) is 0 Å². The zero-order chi connectivity index (χ0) is 20.5. The third-order valence-electron chi connectivity index (χ3n) is 4.88. The van der Waals surface area contributed by atoms with Crippen molar-refractivity contribution in [3.05, 3.63) is 88.7 Å². The Kier molecular flexibility index (Phi) is 5.30. The van der Waals surface area contributed by atoms with Crippen molar-refractivity contribution < 1.29 is 27.8 Å². The molecule has 6 heteroatoms. The van der Waals surface area contributed by atoms with Gasteiger partial charge in [-0.05, 0) is 30.2 Å². The SMILES string of the molecule is CC(O)c1ccc(OCc2ccc(-c3ccc(C4CO4)c(F)c3F)cc2)cc1F. The Balaban J connectivity index is 1.46. The highest BCUT2D eigenvalue weighted by Crippen LogP contribution is 2.35. The molecular formula is C23H19F3O3. The number of epoxide rings is 1. The highest BCUT2D eigenvalue weighted by Gasteiger charge is 2.30. The van der Waals surface area contributed by atoms with Crippen LogP contribution in [0.3, 0.4) is 0 Å². The van der Waals surface area contributed by atoms with Crippen LogP contribution in [-0.2, 0) is 11.3 Å². The molecule has 0 aromatic heterocycles. The molecule has 1 heterocycles. The minimum Gasteiger partial charge on any atom is -0.489 e. The van der Waals surface area contributed by atoms with Crippen molar-refractivity contribution in [1.82, 2.24) is 0 Å². The summed E-state index contributed by atoms with van der Waals surface area (Å²) in [6.45, 7) is 2.08. The first kappa shape index (κ1) is 19.5. The molecule has 3 aromatic rings. The zero-order valence-corrected chi connectivity index (χ0v) is 15.7. The molecule has 3 aromatic carbocycles. The van der Waals surface area contributed by atoms with Gasteiger partial charge in [-0.25, -0.2) is 13.2 Å². The van der Waals surface area contributed by atoms with E-state index in [1.54, 1.807) is 42.5 Å². The maximum atomic E-state index is 14.4. The van der Waals surface area contributed by atoms with E-state index < -0.39 is 23.6 Å². The molecule has 1 aliphatic heterocycles. The van der Waals surface area contributed by atoms with Crippen molar-refractivity contribution in [2.45, 2.75) is 25.7 Å². The second kappa shape index (κ2) is 7.89. The lowest BCUT2D eigenvalue weighted by Crippen LogP contribution is -1.99. The monoisotopic (exact) mass is 400 g/mol. The van der Waals surface area contributed by atoms with Crippen LogP contribution in [0.15, 0.2) is 54.6 Å². The smallest absolute Gasteiger partial charge is 0.167 e.